The second kappa shape index (κ2) is 23.6. The van der Waals surface area contributed by atoms with Crippen LogP contribution in [-0.4, -0.2) is 109 Å². The summed E-state index contributed by atoms with van der Waals surface area (Å²) in [5.74, 6) is -2.15. The molecule has 1 aromatic heterocycles. The number of likely N-dealkylation sites (N-methyl/N-ethyl adjacent to an activating group) is 1. The van der Waals surface area contributed by atoms with Gasteiger partial charge in [-0.3, -0.25) is 24.0 Å². The molecule has 1 aliphatic heterocycles. The maximum atomic E-state index is 14.7. The first kappa shape index (κ1) is 49.8. The molecule has 0 aliphatic carbocycles. The molecule has 18 nitrogen and oxygen atoms in total. The number of nitrogens with one attached hydrogen (secondary N) is 4. The number of nitrogens with zero attached hydrogens (tertiary/aromatic N) is 4. The molecule has 5 rings (SSSR count). The predicted molar refractivity (Wildman–Crippen MR) is 250 cm³/mol. The highest BCUT2D eigenvalue weighted by Gasteiger charge is 2.36. The molecule has 4 atom stereocenters. The Hall–Kier alpha value is -7.20. The van der Waals surface area contributed by atoms with Crippen molar-refractivity contribution >= 4 is 35.6 Å². The van der Waals surface area contributed by atoms with Crippen molar-refractivity contribution in [1.82, 2.24) is 36.1 Å². The number of amides is 5. The van der Waals surface area contributed by atoms with E-state index >= 15 is 0 Å². The van der Waals surface area contributed by atoms with Crippen LogP contribution < -0.4 is 47.9 Å². The van der Waals surface area contributed by atoms with Crippen molar-refractivity contribution in [2.45, 2.75) is 71.1 Å². The van der Waals surface area contributed by atoms with E-state index in [0.717, 1.165) is 17.5 Å². The zero-order valence-electron chi connectivity index (χ0n) is 38.0. The van der Waals surface area contributed by atoms with Crippen molar-refractivity contribution in [3.05, 3.63) is 100 Å². The molecule has 10 N–H and O–H groups in total. The molecular formula is C48H59N11O7. The van der Waals surface area contributed by atoms with Crippen molar-refractivity contribution < 1.29 is 33.4 Å². The molecule has 2 heterocycles. The van der Waals surface area contributed by atoms with Gasteiger partial charge in [0.25, 0.3) is 5.91 Å². The molecule has 0 fully saturated rings. The highest BCUT2D eigenvalue weighted by atomic mass is 16.5. The lowest BCUT2D eigenvalue weighted by Crippen LogP contribution is -2.56. The molecule has 18 heteroatoms. The summed E-state index contributed by atoms with van der Waals surface area (Å²) >= 11 is 0. The first-order valence-electron chi connectivity index (χ1n) is 21.8. The highest BCUT2D eigenvalue weighted by Crippen LogP contribution is 2.40. The largest absolute Gasteiger partial charge is 0.492 e. The van der Waals surface area contributed by atoms with Gasteiger partial charge in [-0.2, -0.15) is 5.26 Å². The molecule has 66 heavy (non-hydrogen) atoms. The molecule has 1 aliphatic rings. The van der Waals surface area contributed by atoms with E-state index in [1.165, 1.54) is 18.9 Å². The third-order valence-electron chi connectivity index (χ3n) is 10.8. The Balaban J connectivity index is 1.56. The average molecular weight is 902 g/mol. The van der Waals surface area contributed by atoms with E-state index < -0.39 is 53.7 Å². The SMILES string of the molecule is CC/C=C/c1ccc(-c2nc(C)c(C(=O)NC(CCN)C(=O)N(C)C3C(=O)NC(C)C(=O)NC(C(=O)NCC#N)Cc4ccc(OCCN)c(c4)-c4cc3ccc4OCCN)c(C)n2)cc1. The van der Waals surface area contributed by atoms with Crippen LogP contribution in [0.3, 0.4) is 0 Å². The Morgan fingerprint density at radius 1 is 0.909 bits per heavy atom. The van der Waals surface area contributed by atoms with Crippen molar-refractivity contribution in [1.29, 1.82) is 5.26 Å². The number of hydrogen-bond donors (Lipinski definition) is 7. The molecule has 0 saturated carbocycles. The number of nitriles is 1. The number of hydrogen-bond acceptors (Lipinski definition) is 13. The lowest BCUT2D eigenvalue weighted by Gasteiger charge is -2.32. The van der Waals surface area contributed by atoms with Crippen molar-refractivity contribution in [2.24, 2.45) is 17.2 Å². The number of carbonyl (C=O) groups is 5. The van der Waals surface area contributed by atoms with Crippen molar-refractivity contribution in [2.75, 3.05) is 46.4 Å². The third-order valence-corrected chi connectivity index (χ3v) is 10.8. The minimum atomic E-state index is -1.41. The van der Waals surface area contributed by atoms with E-state index in [2.05, 4.69) is 44.2 Å². The average Bonchev–Trinajstić information content (AvgIpc) is 3.30. The number of aryl methyl sites for hydroxylation is 2. The van der Waals surface area contributed by atoms with Crippen molar-refractivity contribution in [3.63, 3.8) is 0 Å². The maximum absolute atomic E-state index is 14.7. The van der Waals surface area contributed by atoms with Gasteiger partial charge in [0, 0.05) is 43.2 Å². The van der Waals surface area contributed by atoms with Gasteiger partial charge in [0.05, 0.1) is 23.0 Å². The third kappa shape index (κ3) is 12.3. The minimum Gasteiger partial charge on any atom is -0.492 e. The second-order valence-electron chi connectivity index (χ2n) is 15.7. The summed E-state index contributed by atoms with van der Waals surface area (Å²) in [6, 6.07) is 14.8. The summed E-state index contributed by atoms with van der Waals surface area (Å²) in [7, 11) is 1.42. The molecule has 4 bridgehead atoms. The summed E-state index contributed by atoms with van der Waals surface area (Å²) in [6.45, 7) is 7.24. The fraction of sp³-hybridized carbons (Fsp3) is 0.375. The molecule has 4 aromatic rings. The van der Waals surface area contributed by atoms with E-state index in [0.29, 0.717) is 51.0 Å². The number of aromatic nitrogens is 2. The van der Waals surface area contributed by atoms with Crippen LogP contribution in [0.5, 0.6) is 11.5 Å². The van der Waals surface area contributed by atoms with Gasteiger partial charge in [0.15, 0.2) is 5.82 Å². The van der Waals surface area contributed by atoms with E-state index in [4.69, 9.17) is 31.9 Å². The number of benzene rings is 3. The monoisotopic (exact) mass is 901 g/mol. The van der Waals surface area contributed by atoms with Gasteiger partial charge in [-0.25, -0.2) is 9.97 Å². The van der Waals surface area contributed by atoms with Gasteiger partial charge in [-0.05, 0) is 81.1 Å². The summed E-state index contributed by atoms with van der Waals surface area (Å²) < 4.78 is 12.2. The molecule has 4 unspecified atom stereocenters. The molecule has 5 amide bonds. The smallest absolute Gasteiger partial charge is 0.255 e. The molecule has 3 aromatic carbocycles. The lowest BCUT2D eigenvalue weighted by atomic mass is 9.93. The van der Waals surface area contributed by atoms with Crippen LogP contribution in [0.4, 0.5) is 0 Å². The van der Waals surface area contributed by atoms with Gasteiger partial charge in [0.1, 0.15) is 55.4 Å². The number of carbonyl (C=O) groups excluding carboxylic acids is 5. The number of ether oxygens (including phenoxy) is 2. The molecular weight excluding hydrogens is 843 g/mol. The summed E-state index contributed by atoms with van der Waals surface area (Å²) in [6.07, 6.45) is 5.00. The van der Waals surface area contributed by atoms with E-state index in [1.54, 1.807) is 50.2 Å². The standard InChI is InChI=1S/C48H59N11O7/c1-6-7-8-31-9-12-33(13-10-31)43-54-28(2)41(29(3)55-43)46(62)57-37(17-18-49)48(64)59(5)42-34-14-16-40(66-24-21-52)36(27-34)35-25-32(11-15-39(35)65-23-20-51)26-38(45(61)53-22-19-50)58-44(60)30(4)56-47(42)63/h7-16,25,27,30,37-38,42H,6,17-18,20-24,26,49,51-52H2,1-5H3,(H,53,61)(H,56,63)(H,57,62)(H,58,60)/b8-7+. The number of allylic oxidation sites excluding steroid dienone is 1. The fourth-order valence-corrected chi connectivity index (χ4v) is 7.53. The molecule has 0 saturated heterocycles. The lowest BCUT2D eigenvalue weighted by molar-refractivity contribution is -0.141. The Labute approximate surface area is 384 Å². The fourth-order valence-electron chi connectivity index (χ4n) is 7.53. The molecule has 348 valence electrons. The van der Waals surface area contributed by atoms with E-state index in [9.17, 15) is 24.0 Å². The topological polar surface area (TPSA) is 283 Å². The van der Waals surface area contributed by atoms with E-state index in [-0.39, 0.29) is 57.8 Å². The first-order valence-corrected chi connectivity index (χ1v) is 21.8. The number of rotatable bonds is 17. The summed E-state index contributed by atoms with van der Waals surface area (Å²) in [4.78, 5) is 81.0. The highest BCUT2D eigenvalue weighted by molar-refractivity contribution is 6.00. The van der Waals surface area contributed by atoms with Crippen molar-refractivity contribution in [3.8, 4) is 40.1 Å². The number of fused-ring (bicyclic) bond motifs is 5. The molecule has 0 radical (unpaired) electrons. The van der Waals surface area contributed by atoms with Crippen LogP contribution in [0.1, 0.15) is 71.2 Å². The minimum absolute atomic E-state index is 0.000933. The quantitative estimate of drug-likeness (QED) is 0.0751. The van der Waals surface area contributed by atoms with Crippen LogP contribution in [0.15, 0.2) is 66.7 Å². The van der Waals surface area contributed by atoms with Gasteiger partial charge in [-0.15, -0.1) is 0 Å². The van der Waals surface area contributed by atoms with Gasteiger partial charge < -0.3 is 52.8 Å². The van der Waals surface area contributed by atoms with E-state index in [1.807, 2.05) is 36.4 Å². The number of nitrogens with two attached hydrogens (primary N) is 3. The van der Waals surface area contributed by atoms with Crippen LogP contribution in [0, 0.1) is 25.2 Å². The Morgan fingerprint density at radius 2 is 1.55 bits per heavy atom. The van der Waals surface area contributed by atoms with Crippen LogP contribution >= 0.6 is 0 Å². The summed E-state index contributed by atoms with van der Waals surface area (Å²) in [5, 5.41) is 19.9. The van der Waals surface area contributed by atoms with Crippen LogP contribution in [0.2, 0.25) is 0 Å². The van der Waals surface area contributed by atoms with Crippen LogP contribution in [-0.2, 0) is 25.6 Å². The first-order chi connectivity index (χ1) is 31.7. The summed E-state index contributed by atoms with van der Waals surface area (Å²) in [5.41, 5.74) is 22.3. The normalized spacial score (nSPS) is 16.5. The maximum Gasteiger partial charge on any atom is 0.255 e. The Morgan fingerprint density at radius 3 is 2.15 bits per heavy atom. The van der Waals surface area contributed by atoms with Gasteiger partial charge in [-0.1, -0.05) is 55.5 Å². The zero-order chi connectivity index (χ0) is 47.9. The second-order valence-corrected chi connectivity index (χ2v) is 15.7. The van der Waals surface area contributed by atoms with Gasteiger partial charge >= 0.3 is 0 Å². The molecule has 0 spiro atoms. The Kier molecular flexibility index (Phi) is 17.8. The van der Waals surface area contributed by atoms with Gasteiger partial charge in [0.2, 0.25) is 23.6 Å². The predicted octanol–water partition coefficient (Wildman–Crippen LogP) is 2.36. The zero-order valence-corrected chi connectivity index (χ0v) is 38.0. The van der Waals surface area contributed by atoms with Crippen LogP contribution in [0.25, 0.3) is 28.6 Å². The Bertz CT molecular complexity index is 2450.